The monoisotopic (exact) mass is 211 g/mol. The molecule has 1 aromatic heterocycles. The number of nitrogens with one attached hydrogen (secondary N) is 1. The number of thioether (sulfide) groups is 1. The van der Waals surface area contributed by atoms with Gasteiger partial charge >= 0.3 is 0 Å². The van der Waals surface area contributed by atoms with Crippen molar-refractivity contribution in [1.29, 1.82) is 0 Å². The fraction of sp³-hybridized carbons (Fsp3) is 0.600. The van der Waals surface area contributed by atoms with Crippen LogP contribution in [0.5, 0.6) is 0 Å². The van der Waals surface area contributed by atoms with Crippen molar-refractivity contribution in [1.82, 2.24) is 9.97 Å². The van der Waals surface area contributed by atoms with Crippen LogP contribution in [0.2, 0.25) is 0 Å². The highest BCUT2D eigenvalue weighted by Crippen LogP contribution is 2.18. The van der Waals surface area contributed by atoms with E-state index in [0.717, 1.165) is 29.0 Å². The Morgan fingerprint density at radius 1 is 1.36 bits per heavy atom. The number of hydrogen-bond acceptors (Lipinski definition) is 4. The van der Waals surface area contributed by atoms with Crippen molar-refractivity contribution in [3.63, 3.8) is 0 Å². The Balaban J connectivity index is 2.73. The van der Waals surface area contributed by atoms with E-state index in [-0.39, 0.29) is 0 Å². The van der Waals surface area contributed by atoms with E-state index in [2.05, 4.69) is 22.2 Å². The highest BCUT2D eigenvalue weighted by molar-refractivity contribution is 7.99. The third-order valence-electron chi connectivity index (χ3n) is 1.62. The van der Waals surface area contributed by atoms with Gasteiger partial charge in [0.2, 0.25) is 5.95 Å². The van der Waals surface area contributed by atoms with Gasteiger partial charge in [0.05, 0.1) is 0 Å². The summed E-state index contributed by atoms with van der Waals surface area (Å²) in [6, 6.07) is 2.03. The Morgan fingerprint density at radius 2 is 2.14 bits per heavy atom. The summed E-state index contributed by atoms with van der Waals surface area (Å²) in [7, 11) is 0. The molecule has 0 saturated heterocycles. The van der Waals surface area contributed by atoms with Crippen LogP contribution in [0.25, 0.3) is 0 Å². The Morgan fingerprint density at radius 3 is 2.79 bits per heavy atom. The Labute approximate surface area is 89.7 Å². The summed E-state index contributed by atoms with van der Waals surface area (Å²) in [5.41, 5.74) is 1.02. The molecule has 0 radical (unpaired) electrons. The summed E-state index contributed by atoms with van der Waals surface area (Å²) in [6.07, 6.45) is 1.17. The number of rotatable bonds is 5. The quantitative estimate of drug-likeness (QED) is 0.600. The normalized spacial score (nSPS) is 10.2. The molecule has 0 aliphatic rings. The topological polar surface area (TPSA) is 37.8 Å². The number of anilines is 1. The van der Waals surface area contributed by atoms with Gasteiger partial charge in [0.1, 0.15) is 5.03 Å². The molecule has 14 heavy (non-hydrogen) atoms. The first kappa shape index (κ1) is 11.3. The lowest BCUT2D eigenvalue weighted by Crippen LogP contribution is -2.03. The molecule has 0 saturated carbocycles. The van der Waals surface area contributed by atoms with Crippen LogP contribution in [-0.4, -0.2) is 22.3 Å². The molecule has 0 aliphatic heterocycles. The van der Waals surface area contributed by atoms with Gasteiger partial charge in [-0.1, -0.05) is 6.92 Å². The molecule has 0 atom stereocenters. The van der Waals surface area contributed by atoms with Gasteiger partial charge in [0.25, 0.3) is 0 Å². The summed E-state index contributed by atoms with van der Waals surface area (Å²) in [5, 5.41) is 4.19. The Kier molecular flexibility index (Phi) is 4.73. The van der Waals surface area contributed by atoms with Crippen LogP contribution in [0.4, 0.5) is 5.95 Å². The van der Waals surface area contributed by atoms with Crippen LogP contribution < -0.4 is 5.32 Å². The van der Waals surface area contributed by atoms with E-state index in [4.69, 9.17) is 0 Å². The standard InChI is InChI=1S/C10H17N3S/c1-4-6-14-9-7-8(3)12-10(13-9)11-5-2/h7H,4-6H2,1-3H3,(H,11,12,13). The molecule has 78 valence electrons. The molecule has 0 amide bonds. The molecule has 0 fully saturated rings. The lowest BCUT2D eigenvalue weighted by Gasteiger charge is -2.05. The first-order valence-corrected chi connectivity index (χ1v) is 5.97. The molecule has 0 aromatic carbocycles. The fourth-order valence-corrected chi connectivity index (χ4v) is 1.88. The largest absolute Gasteiger partial charge is 0.354 e. The smallest absolute Gasteiger partial charge is 0.223 e. The van der Waals surface area contributed by atoms with Crippen molar-refractivity contribution in [2.24, 2.45) is 0 Å². The minimum Gasteiger partial charge on any atom is -0.354 e. The van der Waals surface area contributed by atoms with Crippen LogP contribution in [-0.2, 0) is 0 Å². The lowest BCUT2D eigenvalue weighted by atomic mass is 10.5. The third kappa shape index (κ3) is 3.54. The average molecular weight is 211 g/mol. The molecule has 0 aliphatic carbocycles. The van der Waals surface area contributed by atoms with E-state index in [9.17, 15) is 0 Å². The zero-order valence-corrected chi connectivity index (χ0v) is 9.82. The molecule has 1 heterocycles. The highest BCUT2D eigenvalue weighted by atomic mass is 32.2. The third-order valence-corrected chi connectivity index (χ3v) is 2.74. The molecule has 1 N–H and O–H groups in total. The van der Waals surface area contributed by atoms with Gasteiger partial charge in [-0.05, 0) is 32.1 Å². The zero-order valence-electron chi connectivity index (χ0n) is 9.00. The van der Waals surface area contributed by atoms with Gasteiger partial charge < -0.3 is 5.32 Å². The van der Waals surface area contributed by atoms with Crippen molar-refractivity contribution in [3.8, 4) is 0 Å². The second-order valence-corrected chi connectivity index (χ2v) is 4.17. The van der Waals surface area contributed by atoms with Crippen molar-refractivity contribution >= 4 is 17.7 Å². The maximum Gasteiger partial charge on any atom is 0.223 e. The van der Waals surface area contributed by atoms with Gasteiger partial charge in [0, 0.05) is 12.2 Å². The van der Waals surface area contributed by atoms with E-state index in [0.29, 0.717) is 0 Å². The molecule has 0 bridgehead atoms. The maximum atomic E-state index is 4.40. The minimum atomic E-state index is 0.742. The molecule has 0 unspecified atom stereocenters. The van der Waals surface area contributed by atoms with Crippen LogP contribution >= 0.6 is 11.8 Å². The molecule has 0 spiro atoms. The van der Waals surface area contributed by atoms with Crippen molar-refractivity contribution in [3.05, 3.63) is 11.8 Å². The van der Waals surface area contributed by atoms with E-state index in [1.165, 1.54) is 6.42 Å². The number of nitrogens with zero attached hydrogens (tertiary/aromatic N) is 2. The van der Waals surface area contributed by atoms with Crippen molar-refractivity contribution in [2.75, 3.05) is 17.6 Å². The van der Waals surface area contributed by atoms with Crippen LogP contribution in [0.3, 0.4) is 0 Å². The number of hydrogen-bond donors (Lipinski definition) is 1. The minimum absolute atomic E-state index is 0.742. The summed E-state index contributed by atoms with van der Waals surface area (Å²) >= 11 is 1.78. The van der Waals surface area contributed by atoms with Gasteiger partial charge in [-0.25, -0.2) is 9.97 Å². The first-order valence-electron chi connectivity index (χ1n) is 4.98. The number of aromatic nitrogens is 2. The van der Waals surface area contributed by atoms with E-state index < -0.39 is 0 Å². The highest BCUT2D eigenvalue weighted by Gasteiger charge is 2.00. The van der Waals surface area contributed by atoms with Gasteiger partial charge in [0.15, 0.2) is 0 Å². The fourth-order valence-electron chi connectivity index (χ4n) is 1.06. The SMILES string of the molecule is CCCSc1cc(C)nc(NCC)n1. The predicted molar refractivity (Wildman–Crippen MR) is 61.9 cm³/mol. The summed E-state index contributed by atoms with van der Waals surface area (Å²) < 4.78 is 0. The lowest BCUT2D eigenvalue weighted by molar-refractivity contribution is 0.981. The van der Waals surface area contributed by atoms with Crippen LogP contribution in [0.1, 0.15) is 26.0 Å². The Hall–Kier alpha value is -0.770. The summed E-state index contributed by atoms with van der Waals surface area (Å²) in [4.78, 5) is 8.70. The van der Waals surface area contributed by atoms with Gasteiger partial charge in [-0.2, -0.15) is 0 Å². The molecular formula is C10H17N3S. The second kappa shape index (κ2) is 5.86. The van der Waals surface area contributed by atoms with Crippen molar-refractivity contribution < 1.29 is 0 Å². The molecule has 1 aromatic rings. The molecule has 4 heteroatoms. The molecule has 3 nitrogen and oxygen atoms in total. The molecule has 1 rings (SSSR count). The predicted octanol–water partition coefficient (Wildman–Crippen LogP) is 2.72. The summed E-state index contributed by atoms with van der Waals surface area (Å²) in [5.74, 6) is 1.85. The number of aryl methyl sites for hydroxylation is 1. The van der Waals surface area contributed by atoms with Gasteiger partial charge in [-0.15, -0.1) is 11.8 Å². The van der Waals surface area contributed by atoms with Crippen molar-refractivity contribution in [2.45, 2.75) is 32.2 Å². The summed E-state index contributed by atoms with van der Waals surface area (Å²) in [6.45, 7) is 7.08. The molecular weight excluding hydrogens is 194 g/mol. The van der Waals surface area contributed by atoms with Crippen LogP contribution in [0.15, 0.2) is 11.1 Å². The first-order chi connectivity index (χ1) is 6.76. The van der Waals surface area contributed by atoms with Crippen LogP contribution in [0, 0.1) is 6.92 Å². The Bertz CT molecular complexity index is 289. The zero-order chi connectivity index (χ0) is 10.4. The maximum absolute atomic E-state index is 4.40. The van der Waals surface area contributed by atoms with E-state index >= 15 is 0 Å². The second-order valence-electron chi connectivity index (χ2n) is 3.05. The van der Waals surface area contributed by atoms with E-state index in [1.807, 2.05) is 19.9 Å². The van der Waals surface area contributed by atoms with Gasteiger partial charge in [-0.3, -0.25) is 0 Å². The van der Waals surface area contributed by atoms with E-state index in [1.54, 1.807) is 11.8 Å². The average Bonchev–Trinajstić information content (AvgIpc) is 2.14.